The van der Waals surface area contributed by atoms with Gasteiger partial charge in [-0.1, -0.05) is 59.6 Å². The molecule has 0 fully saturated rings. The van der Waals surface area contributed by atoms with E-state index >= 15 is 0 Å². The van der Waals surface area contributed by atoms with Gasteiger partial charge in [0, 0.05) is 22.2 Å². The molecule has 8 heteroatoms. The number of hydrogen-bond acceptors (Lipinski definition) is 4. The van der Waals surface area contributed by atoms with Crippen molar-refractivity contribution in [1.29, 1.82) is 0 Å². The first-order valence-electron chi connectivity index (χ1n) is 12.2. The lowest BCUT2D eigenvalue weighted by atomic mass is 10.0. The fourth-order valence-corrected chi connectivity index (χ4v) is 4.04. The fourth-order valence-electron chi connectivity index (χ4n) is 3.79. The van der Waals surface area contributed by atoms with Crippen LogP contribution in [0.25, 0.3) is 23.3 Å². The third-order valence-corrected chi connectivity index (χ3v) is 6.35. The van der Waals surface area contributed by atoms with E-state index in [2.05, 4.69) is 10.6 Å². The van der Waals surface area contributed by atoms with Gasteiger partial charge in [0.15, 0.2) is 0 Å². The third kappa shape index (κ3) is 7.76. The van der Waals surface area contributed by atoms with Crippen LogP contribution in [0.4, 0.5) is 11.4 Å². The number of carbonyl (C=O) groups is 2. The summed E-state index contributed by atoms with van der Waals surface area (Å²) < 4.78 is 11.1. The van der Waals surface area contributed by atoms with E-state index in [1.807, 2.05) is 48.5 Å². The SMILES string of the molecule is COc1cc(-c2ccc(NC(=O)/C=C/c3ccc(Cl)cc3)c(OC)c2)ccc1NC(=O)/C=C/c1ccc(Cl)cc1. The number of benzene rings is 4. The summed E-state index contributed by atoms with van der Waals surface area (Å²) >= 11 is 11.8. The largest absolute Gasteiger partial charge is 0.495 e. The predicted octanol–water partition coefficient (Wildman–Crippen LogP) is 7.98. The first kappa shape index (κ1) is 28.5. The van der Waals surface area contributed by atoms with E-state index in [4.69, 9.17) is 32.7 Å². The second-order valence-electron chi connectivity index (χ2n) is 8.58. The molecule has 0 spiro atoms. The average molecular weight is 573 g/mol. The van der Waals surface area contributed by atoms with E-state index in [-0.39, 0.29) is 11.8 Å². The molecule has 0 saturated carbocycles. The highest BCUT2D eigenvalue weighted by molar-refractivity contribution is 6.30. The molecule has 0 bridgehead atoms. The lowest BCUT2D eigenvalue weighted by Gasteiger charge is -2.14. The highest BCUT2D eigenvalue weighted by atomic mass is 35.5. The normalized spacial score (nSPS) is 11.0. The number of methoxy groups -OCH3 is 2. The van der Waals surface area contributed by atoms with E-state index in [0.717, 1.165) is 22.3 Å². The Morgan fingerprint density at radius 3 is 1.32 bits per heavy atom. The Hall–Kier alpha value is -4.52. The molecule has 0 heterocycles. The van der Waals surface area contributed by atoms with Gasteiger partial charge >= 0.3 is 0 Å². The molecule has 2 N–H and O–H groups in total. The van der Waals surface area contributed by atoms with Crippen molar-refractivity contribution in [3.05, 3.63) is 118 Å². The van der Waals surface area contributed by atoms with Gasteiger partial charge in [-0.25, -0.2) is 0 Å². The summed E-state index contributed by atoms with van der Waals surface area (Å²) in [4.78, 5) is 25.0. The molecule has 4 aromatic carbocycles. The van der Waals surface area contributed by atoms with Gasteiger partial charge in [0.1, 0.15) is 11.5 Å². The minimum absolute atomic E-state index is 0.298. The van der Waals surface area contributed by atoms with Crippen LogP contribution in [0.15, 0.2) is 97.1 Å². The van der Waals surface area contributed by atoms with E-state index in [1.165, 1.54) is 26.4 Å². The molecular weight excluding hydrogens is 547 g/mol. The molecule has 0 aliphatic heterocycles. The molecule has 6 nitrogen and oxygen atoms in total. The van der Waals surface area contributed by atoms with Crippen molar-refractivity contribution >= 4 is 58.5 Å². The second kappa shape index (κ2) is 13.5. The Morgan fingerprint density at radius 2 is 0.975 bits per heavy atom. The monoisotopic (exact) mass is 572 g/mol. The molecular formula is C32H26Cl2N2O4. The predicted molar refractivity (Wildman–Crippen MR) is 163 cm³/mol. The van der Waals surface area contributed by atoms with Crippen LogP contribution in [0.3, 0.4) is 0 Å². The van der Waals surface area contributed by atoms with Gasteiger partial charge in [-0.2, -0.15) is 0 Å². The van der Waals surface area contributed by atoms with Crippen LogP contribution in [0.5, 0.6) is 11.5 Å². The number of ether oxygens (including phenoxy) is 2. The fraction of sp³-hybridized carbons (Fsp3) is 0.0625. The molecule has 40 heavy (non-hydrogen) atoms. The number of hydrogen-bond donors (Lipinski definition) is 2. The minimum Gasteiger partial charge on any atom is -0.495 e. The summed E-state index contributed by atoms with van der Waals surface area (Å²) in [6.07, 6.45) is 6.29. The second-order valence-corrected chi connectivity index (χ2v) is 9.45. The third-order valence-electron chi connectivity index (χ3n) is 5.85. The summed E-state index contributed by atoms with van der Waals surface area (Å²) in [5, 5.41) is 6.94. The maximum Gasteiger partial charge on any atom is 0.248 e. The van der Waals surface area contributed by atoms with Crippen molar-refractivity contribution in [3.63, 3.8) is 0 Å². The van der Waals surface area contributed by atoms with Crippen LogP contribution >= 0.6 is 23.2 Å². The maximum atomic E-state index is 12.5. The molecule has 0 unspecified atom stereocenters. The molecule has 2 amide bonds. The molecule has 0 saturated heterocycles. The van der Waals surface area contributed by atoms with Crippen LogP contribution in [-0.4, -0.2) is 26.0 Å². The summed E-state index contributed by atoms with van der Waals surface area (Å²) in [5.41, 5.74) is 4.44. The lowest BCUT2D eigenvalue weighted by molar-refractivity contribution is -0.112. The number of nitrogens with one attached hydrogen (secondary N) is 2. The van der Waals surface area contributed by atoms with Gasteiger partial charge in [0.25, 0.3) is 0 Å². The molecule has 0 radical (unpaired) electrons. The highest BCUT2D eigenvalue weighted by Crippen LogP contribution is 2.35. The van der Waals surface area contributed by atoms with Crippen molar-refractivity contribution in [1.82, 2.24) is 0 Å². The Labute approximate surface area is 242 Å². The summed E-state index contributed by atoms with van der Waals surface area (Å²) in [6.45, 7) is 0. The van der Waals surface area contributed by atoms with Crippen LogP contribution in [-0.2, 0) is 9.59 Å². The maximum absolute atomic E-state index is 12.5. The zero-order valence-electron chi connectivity index (χ0n) is 21.8. The highest BCUT2D eigenvalue weighted by Gasteiger charge is 2.12. The van der Waals surface area contributed by atoms with E-state index in [9.17, 15) is 9.59 Å². The van der Waals surface area contributed by atoms with Crippen molar-refractivity contribution in [3.8, 4) is 22.6 Å². The van der Waals surface area contributed by atoms with E-state index < -0.39 is 0 Å². The first-order chi connectivity index (χ1) is 19.3. The number of anilines is 2. The van der Waals surface area contributed by atoms with Crippen LogP contribution in [0.2, 0.25) is 10.0 Å². The minimum atomic E-state index is -0.298. The molecule has 0 aliphatic rings. The Bertz CT molecular complexity index is 1440. The summed E-state index contributed by atoms with van der Waals surface area (Å²) in [7, 11) is 3.07. The van der Waals surface area contributed by atoms with Gasteiger partial charge in [0.05, 0.1) is 25.6 Å². The van der Waals surface area contributed by atoms with Gasteiger partial charge in [-0.3, -0.25) is 9.59 Å². The molecule has 202 valence electrons. The van der Waals surface area contributed by atoms with Gasteiger partial charge in [0.2, 0.25) is 11.8 Å². The lowest BCUT2D eigenvalue weighted by Crippen LogP contribution is -2.09. The Kier molecular flexibility index (Phi) is 9.62. The topological polar surface area (TPSA) is 76.7 Å². The quantitative estimate of drug-likeness (QED) is 0.199. The number of amides is 2. The Morgan fingerprint density at radius 1 is 0.600 bits per heavy atom. The van der Waals surface area contributed by atoms with E-state index in [1.54, 1.807) is 48.6 Å². The van der Waals surface area contributed by atoms with Crippen LogP contribution in [0, 0.1) is 0 Å². The Balaban J connectivity index is 1.45. The molecule has 4 rings (SSSR count). The number of rotatable bonds is 9. The molecule has 4 aromatic rings. The van der Waals surface area contributed by atoms with Gasteiger partial charge in [-0.15, -0.1) is 0 Å². The summed E-state index contributed by atoms with van der Waals surface area (Å²) in [5.74, 6) is 0.393. The van der Waals surface area contributed by atoms with Crippen LogP contribution < -0.4 is 20.1 Å². The van der Waals surface area contributed by atoms with Crippen molar-refractivity contribution in [2.45, 2.75) is 0 Å². The summed E-state index contributed by atoms with van der Waals surface area (Å²) in [6, 6.07) is 25.2. The first-order valence-corrected chi connectivity index (χ1v) is 13.0. The van der Waals surface area contributed by atoms with Crippen molar-refractivity contribution in [2.24, 2.45) is 0 Å². The van der Waals surface area contributed by atoms with Gasteiger partial charge < -0.3 is 20.1 Å². The molecule has 0 atom stereocenters. The zero-order valence-corrected chi connectivity index (χ0v) is 23.3. The molecule has 0 aromatic heterocycles. The average Bonchev–Trinajstić information content (AvgIpc) is 2.97. The van der Waals surface area contributed by atoms with Crippen LogP contribution in [0.1, 0.15) is 11.1 Å². The van der Waals surface area contributed by atoms with Crippen molar-refractivity contribution in [2.75, 3.05) is 24.9 Å². The van der Waals surface area contributed by atoms with Crippen molar-refractivity contribution < 1.29 is 19.1 Å². The number of halogens is 2. The molecule has 0 aliphatic carbocycles. The van der Waals surface area contributed by atoms with Gasteiger partial charge in [-0.05, 0) is 82.9 Å². The van der Waals surface area contributed by atoms with E-state index in [0.29, 0.717) is 32.9 Å². The zero-order chi connectivity index (χ0) is 28.5. The number of carbonyl (C=O) groups excluding carboxylic acids is 2. The smallest absolute Gasteiger partial charge is 0.248 e. The standard InChI is InChI=1S/C32H26Cl2N2O4/c1-39-29-19-23(9-15-27(29)35-31(37)17-7-21-3-11-25(33)12-4-21)24-10-16-28(30(20-24)40-2)36-32(38)18-8-22-5-13-26(34)14-6-22/h3-20H,1-2H3,(H,35,37)(H,36,38)/b17-7+,18-8+.